The Hall–Kier alpha value is -6.60. The van der Waals surface area contributed by atoms with E-state index in [1.807, 2.05) is 123 Å². The second-order valence-electron chi connectivity index (χ2n) is 15.8. The van der Waals surface area contributed by atoms with Crippen LogP contribution in [0.2, 0.25) is 0 Å². The van der Waals surface area contributed by atoms with Crippen molar-refractivity contribution in [2.24, 2.45) is 0 Å². The fraction of sp³-hybridized carbons (Fsp3) is 0.111. The first-order valence-corrected chi connectivity index (χ1v) is 21.1. The van der Waals surface area contributed by atoms with E-state index in [2.05, 4.69) is 164 Å². The summed E-state index contributed by atoms with van der Waals surface area (Å²) in [7, 11) is 12.0. The molecular formula is C54H48N10Pt2-6. The molecule has 2 aliphatic heterocycles. The molecule has 0 bridgehead atoms. The number of anilines is 8. The van der Waals surface area contributed by atoms with E-state index in [1.165, 1.54) is 33.5 Å². The number of hydrogen-bond acceptors (Lipinski definition) is 8. The largest absolute Gasteiger partial charge is 0.504 e. The summed E-state index contributed by atoms with van der Waals surface area (Å²) in [6.07, 6.45) is 0. The normalized spacial score (nSPS) is 12.2. The number of para-hydroxylation sites is 8. The van der Waals surface area contributed by atoms with E-state index in [1.54, 1.807) is 0 Å². The predicted octanol–water partition coefficient (Wildman–Crippen LogP) is 11.2. The molecule has 12 rings (SSSR count). The van der Waals surface area contributed by atoms with Crippen LogP contribution >= 0.6 is 0 Å². The van der Waals surface area contributed by atoms with Gasteiger partial charge in [0.05, 0.1) is 0 Å². The first-order chi connectivity index (χ1) is 31.2. The summed E-state index contributed by atoms with van der Waals surface area (Å²) < 4.78 is 0. The maximum absolute atomic E-state index is 4.53. The average molecular weight is 1230 g/mol. The van der Waals surface area contributed by atoms with Crippen molar-refractivity contribution in [3.8, 4) is 0 Å². The van der Waals surface area contributed by atoms with Crippen LogP contribution in [0.5, 0.6) is 0 Å². The van der Waals surface area contributed by atoms with Crippen LogP contribution in [-0.2, 0) is 42.1 Å². The van der Waals surface area contributed by atoms with Gasteiger partial charge in [-0.1, -0.05) is 84.9 Å². The van der Waals surface area contributed by atoms with Crippen molar-refractivity contribution in [1.82, 2.24) is 19.9 Å². The summed E-state index contributed by atoms with van der Waals surface area (Å²) in [5, 5.41) is 4.60. The van der Waals surface area contributed by atoms with Crippen molar-refractivity contribution in [1.29, 1.82) is 0 Å². The summed E-state index contributed by atoms with van der Waals surface area (Å²) in [6.45, 7) is 4.16. The Morgan fingerprint density at radius 1 is 0.424 bits per heavy atom. The molecule has 0 spiro atoms. The molecule has 10 aromatic rings. The number of rotatable bonds is 4. The molecule has 10 nitrogen and oxygen atoms in total. The third-order valence-electron chi connectivity index (χ3n) is 11.0. The van der Waals surface area contributed by atoms with Crippen molar-refractivity contribution in [2.45, 2.75) is 0 Å². The van der Waals surface area contributed by atoms with E-state index in [0.717, 1.165) is 56.1 Å². The molecule has 0 fully saturated rings. The Bertz CT molecular complexity index is 2940. The zero-order valence-corrected chi connectivity index (χ0v) is 42.0. The van der Waals surface area contributed by atoms with Gasteiger partial charge in [-0.2, -0.15) is 74.0 Å². The van der Waals surface area contributed by atoms with Gasteiger partial charge in [0.1, 0.15) is 0 Å². The summed E-state index contributed by atoms with van der Waals surface area (Å²) >= 11 is 0. The van der Waals surface area contributed by atoms with E-state index >= 15 is 0 Å². The Balaban J connectivity index is 0.000000130. The Morgan fingerprint density at radius 2 is 0.788 bits per heavy atom. The van der Waals surface area contributed by atoms with Gasteiger partial charge in [-0.05, 0) is 94.4 Å². The van der Waals surface area contributed by atoms with Gasteiger partial charge in [-0.25, -0.2) is 0 Å². The minimum absolute atomic E-state index is 0. The van der Waals surface area contributed by atoms with Gasteiger partial charge in [-0.15, -0.1) is 11.4 Å². The number of aromatic nitrogens is 4. The predicted molar refractivity (Wildman–Crippen MR) is 267 cm³/mol. The summed E-state index contributed by atoms with van der Waals surface area (Å²) in [5.74, 6) is 1.88. The van der Waals surface area contributed by atoms with Crippen LogP contribution in [0.4, 0.5) is 45.8 Å². The fourth-order valence-electron chi connectivity index (χ4n) is 7.77. The average Bonchev–Trinajstić information content (AvgIpc) is 4.10. The third kappa shape index (κ3) is 9.96. The SMILES string of the molecule is CN(C)c1ccc2c(n1)[n-]c1ccccc12.CN(C)c1ccc2c(n1)[n-]c1ccccc12.CN1[CH-]N(c2[c-]cccc2)c2ccccc21.CN1[CH-]N(c2[c-]cccc2)c2ccccc21.[Pt].[Pt]. The molecule has 6 heterocycles. The molecule has 0 saturated heterocycles. The molecule has 0 atom stereocenters. The van der Waals surface area contributed by atoms with Crippen molar-refractivity contribution in [3.63, 3.8) is 0 Å². The number of nitrogens with zero attached hydrogens (tertiary/aromatic N) is 10. The quantitative estimate of drug-likeness (QED) is 0.159. The Labute approximate surface area is 416 Å². The molecule has 0 N–H and O–H groups in total. The Kier molecular flexibility index (Phi) is 15.2. The monoisotopic (exact) mass is 1230 g/mol. The zero-order valence-electron chi connectivity index (χ0n) is 37.4. The summed E-state index contributed by atoms with van der Waals surface area (Å²) in [6, 6.07) is 63.7. The number of pyridine rings is 2. The van der Waals surface area contributed by atoms with Crippen molar-refractivity contribution in [2.75, 3.05) is 71.7 Å². The third-order valence-corrected chi connectivity index (χ3v) is 11.0. The van der Waals surface area contributed by atoms with E-state index in [-0.39, 0.29) is 42.1 Å². The Morgan fingerprint density at radius 3 is 1.17 bits per heavy atom. The molecule has 340 valence electrons. The smallest absolute Gasteiger partial charge is 0.0326 e. The second kappa shape index (κ2) is 21.1. The maximum atomic E-state index is 4.53. The molecule has 0 saturated carbocycles. The van der Waals surface area contributed by atoms with Gasteiger partial charge >= 0.3 is 0 Å². The molecule has 0 amide bonds. The molecule has 2 aliphatic rings. The standard InChI is InChI=1S/2C14H12N2.2C13H12N3.2Pt/c2*1-15-11-16(12-7-3-2-4-8-12)14-10-6-5-9-13(14)15;2*1-16(2)12-8-7-10-9-5-3-4-6-11(9)14-13(10)15-12;;/h2*2-7,9-11H,1H3;2*3-8H,1-2H3;;/q2*-2;2*-1;;. The second-order valence-corrected chi connectivity index (χ2v) is 15.8. The molecule has 0 aliphatic carbocycles. The fourth-order valence-corrected chi connectivity index (χ4v) is 7.77. The van der Waals surface area contributed by atoms with Gasteiger partial charge in [-0.3, -0.25) is 0 Å². The first kappa shape index (κ1) is 47.4. The van der Waals surface area contributed by atoms with Crippen LogP contribution in [0, 0.1) is 25.5 Å². The number of fused-ring (bicyclic) bond motifs is 8. The molecule has 6 aromatic carbocycles. The molecule has 66 heavy (non-hydrogen) atoms. The molecule has 12 heteroatoms. The van der Waals surface area contributed by atoms with Gasteiger partial charge in [0.2, 0.25) is 0 Å². The number of hydrogen-bond donors (Lipinski definition) is 0. The van der Waals surface area contributed by atoms with E-state index in [0.29, 0.717) is 0 Å². The van der Waals surface area contributed by atoms with E-state index < -0.39 is 0 Å². The van der Waals surface area contributed by atoms with Crippen LogP contribution in [0.25, 0.3) is 43.9 Å². The van der Waals surface area contributed by atoms with Gasteiger partial charge in [0.15, 0.2) is 0 Å². The number of benzene rings is 6. The van der Waals surface area contributed by atoms with Crippen molar-refractivity contribution in [3.05, 3.63) is 195 Å². The summed E-state index contributed by atoms with van der Waals surface area (Å²) in [5.41, 5.74) is 10.7. The molecule has 0 unspecified atom stereocenters. The summed E-state index contributed by atoms with van der Waals surface area (Å²) in [4.78, 5) is 30.6. The van der Waals surface area contributed by atoms with E-state index in [9.17, 15) is 0 Å². The topological polar surface area (TPSA) is 73.4 Å². The molecule has 0 radical (unpaired) electrons. The van der Waals surface area contributed by atoms with Crippen LogP contribution in [0.1, 0.15) is 0 Å². The van der Waals surface area contributed by atoms with Gasteiger partial charge in [0, 0.05) is 105 Å². The zero-order chi connectivity index (χ0) is 44.2. The maximum Gasteiger partial charge on any atom is 0.0326 e. The van der Waals surface area contributed by atoms with Crippen LogP contribution < -0.4 is 39.4 Å². The van der Waals surface area contributed by atoms with Crippen molar-refractivity contribution >= 4 is 89.6 Å². The minimum Gasteiger partial charge on any atom is -0.504 e. The van der Waals surface area contributed by atoms with Crippen molar-refractivity contribution < 1.29 is 42.1 Å². The van der Waals surface area contributed by atoms with Gasteiger partial charge in [0.25, 0.3) is 0 Å². The van der Waals surface area contributed by atoms with Crippen LogP contribution in [0.3, 0.4) is 0 Å². The molecular weight excluding hydrogens is 1180 g/mol. The van der Waals surface area contributed by atoms with Crippen LogP contribution in [0.15, 0.2) is 170 Å². The van der Waals surface area contributed by atoms with Gasteiger partial charge < -0.3 is 49.3 Å². The van der Waals surface area contributed by atoms with E-state index in [4.69, 9.17) is 0 Å². The first-order valence-electron chi connectivity index (χ1n) is 21.1. The minimum atomic E-state index is 0. The van der Waals surface area contributed by atoms with Crippen LogP contribution in [-0.4, -0.2) is 52.3 Å². The molecule has 4 aromatic heterocycles.